The second-order valence-corrected chi connectivity index (χ2v) is 8.58. The standard InChI is InChI=1S/C22H26O8/c1-7-8(2)20(25)28-16-9(3)12-14(17-13(15(16)24)10(4)21(26)29-17)22(6)19(30-22)18(12)27-11(5)23/h7,13-19,24H,4H2,1-3,5-6H3/b8-7-/t13-,14+,15-,16-,17+,18+,19-,22+/m1/s1. The highest BCUT2D eigenvalue weighted by atomic mass is 16.7. The molecule has 2 heterocycles. The van der Waals surface area contributed by atoms with E-state index in [4.69, 9.17) is 18.9 Å². The van der Waals surface area contributed by atoms with Gasteiger partial charge in [-0.2, -0.15) is 0 Å². The first-order chi connectivity index (χ1) is 14.0. The van der Waals surface area contributed by atoms with Crippen LogP contribution in [-0.4, -0.2) is 59.1 Å². The van der Waals surface area contributed by atoms with Gasteiger partial charge in [0.05, 0.1) is 11.8 Å². The summed E-state index contributed by atoms with van der Waals surface area (Å²) in [4.78, 5) is 36.6. The lowest BCUT2D eigenvalue weighted by atomic mass is 9.80. The van der Waals surface area contributed by atoms with E-state index < -0.39 is 65.9 Å². The molecule has 0 aromatic heterocycles. The first-order valence-corrected chi connectivity index (χ1v) is 10.00. The van der Waals surface area contributed by atoms with Crippen molar-refractivity contribution in [2.45, 2.75) is 70.7 Å². The molecule has 2 saturated heterocycles. The third-order valence-electron chi connectivity index (χ3n) is 6.86. The number of carbonyl (C=O) groups excluding carboxylic acids is 3. The Bertz CT molecular complexity index is 914. The minimum absolute atomic E-state index is 0.127. The van der Waals surface area contributed by atoms with E-state index in [1.807, 2.05) is 6.92 Å². The molecule has 2 aliphatic heterocycles. The number of fused-ring (bicyclic) bond motifs is 5. The maximum Gasteiger partial charge on any atom is 0.334 e. The molecule has 1 N–H and O–H groups in total. The predicted molar refractivity (Wildman–Crippen MR) is 103 cm³/mol. The molecule has 0 spiro atoms. The Labute approximate surface area is 174 Å². The minimum atomic E-state index is -1.25. The molecule has 0 aromatic carbocycles. The first kappa shape index (κ1) is 20.8. The van der Waals surface area contributed by atoms with E-state index in [2.05, 4.69) is 6.58 Å². The van der Waals surface area contributed by atoms with E-state index in [0.29, 0.717) is 16.7 Å². The van der Waals surface area contributed by atoms with E-state index in [-0.39, 0.29) is 5.57 Å². The Morgan fingerprint density at radius 3 is 2.50 bits per heavy atom. The normalized spacial score (nSPS) is 42.1. The van der Waals surface area contributed by atoms with Crippen molar-refractivity contribution in [2.75, 3.05) is 0 Å². The van der Waals surface area contributed by atoms with Crippen molar-refractivity contribution in [2.24, 2.45) is 11.8 Å². The highest BCUT2D eigenvalue weighted by molar-refractivity contribution is 5.91. The van der Waals surface area contributed by atoms with Crippen LogP contribution in [0.25, 0.3) is 0 Å². The molecule has 0 aromatic rings. The molecule has 4 aliphatic rings. The SMILES string of the molecule is C=C1C(=O)O[C@H]2[C@H]1[C@@H](O)[C@H](OC(=O)/C(C)=C\C)C(C)=C1[C@H](OC(C)=O)[C@H]3O[C@@]3(C)[C@@H]12. The average Bonchev–Trinajstić information content (AvgIpc) is 3.22. The van der Waals surface area contributed by atoms with Gasteiger partial charge in [-0.25, -0.2) is 9.59 Å². The summed E-state index contributed by atoms with van der Waals surface area (Å²) >= 11 is 0. The monoisotopic (exact) mass is 418 g/mol. The summed E-state index contributed by atoms with van der Waals surface area (Å²) in [6, 6.07) is 0. The van der Waals surface area contributed by atoms with Crippen LogP contribution in [-0.2, 0) is 33.3 Å². The number of esters is 3. The third-order valence-corrected chi connectivity index (χ3v) is 6.86. The smallest absolute Gasteiger partial charge is 0.334 e. The van der Waals surface area contributed by atoms with Crippen molar-refractivity contribution in [3.63, 3.8) is 0 Å². The predicted octanol–water partition coefficient (Wildman–Crippen LogP) is 1.37. The number of epoxide rings is 1. The largest absolute Gasteiger partial charge is 0.457 e. The molecule has 2 aliphatic carbocycles. The number of aliphatic hydroxyl groups excluding tert-OH is 1. The van der Waals surface area contributed by atoms with Gasteiger partial charge in [0, 0.05) is 18.1 Å². The zero-order valence-electron chi connectivity index (χ0n) is 17.6. The Morgan fingerprint density at radius 2 is 1.90 bits per heavy atom. The van der Waals surface area contributed by atoms with E-state index in [1.165, 1.54) is 6.92 Å². The second-order valence-electron chi connectivity index (χ2n) is 8.58. The minimum Gasteiger partial charge on any atom is -0.457 e. The van der Waals surface area contributed by atoms with Crippen LogP contribution >= 0.6 is 0 Å². The summed E-state index contributed by atoms with van der Waals surface area (Å²) < 4.78 is 22.8. The zero-order valence-corrected chi connectivity index (χ0v) is 17.6. The summed E-state index contributed by atoms with van der Waals surface area (Å²) in [6.07, 6.45) is -2.55. The molecule has 0 amide bonds. The van der Waals surface area contributed by atoms with Gasteiger partial charge < -0.3 is 24.1 Å². The summed E-state index contributed by atoms with van der Waals surface area (Å²) in [6.45, 7) is 12.1. The maximum atomic E-state index is 12.5. The Morgan fingerprint density at radius 1 is 1.23 bits per heavy atom. The number of rotatable bonds is 3. The highest BCUT2D eigenvalue weighted by Gasteiger charge is 2.75. The van der Waals surface area contributed by atoms with Crippen molar-refractivity contribution >= 4 is 17.9 Å². The van der Waals surface area contributed by atoms with Crippen molar-refractivity contribution in [1.82, 2.24) is 0 Å². The lowest BCUT2D eigenvalue weighted by Crippen LogP contribution is -2.43. The number of carbonyl (C=O) groups is 3. The molecular formula is C22H26O8. The average molecular weight is 418 g/mol. The van der Waals surface area contributed by atoms with Crippen LogP contribution in [0.15, 0.2) is 34.9 Å². The van der Waals surface area contributed by atoms with Crippen LogP contribution < -0.4 is 0 Å². The molecular weight excluding hydrogens is 392 g/mol. The van der Waals surface area contributed by atoms with Crippen molar-refractivity contribution in [3.8, 4) is 0 Å². The van der Waals surface area contributed by atoms with Gasteiger partial charge in [-0.1, -0.05) is 12.7 Å². The number of aliphatic hydroxyl groups is 1. The van der Waals surface area contributed by atoms with E-state index in [9.17, 15) is 19.5 Å². The summed E-state index contributed by atoms with van der Waals surface area (Å²) in [7, 11) is 0. The van der Waals surface area contributed by atoms with Gasteiger partial charge in [-0.3, -0.25) is 4.79 Å². The Balaban J connectivity index is 1.85. The Hall–Kier alpha value is -2.45. The number of hydrogen-bond acceptors (Lipinski definition) is 8. The molecule has 4 rings (SSSR count). The molecule has 0 bridgehead atoms. The molecule has 30 heavy (non-hydrogen) atoms. The summed E-state index contributed by atoms with van der Waals surface area (Å²) in [5.41, 5.74) is 1.04. The van der Waals surface area contributed by atoms with E-state index in [0.717, 1.165) is 0 Å². The van der Waals surface area contributed by atoms with Crippen LogP contribution in [0.5, 0.6) is 0 Å². The Kier molecular flexibility index (Phi) is 4.70. The summed E-state index contributed by atoms with van der Waals surface area (Å²) in [5, 5.41) is 11.2. The van der Waals surface area contributed by atoms with Crippen molar-refractivity contribution in [1.29, 1.82) is 0 Å². The van der Waals surface area contributed by atoms with Crippen LogP contribution in [0.4, 0.5) is 0 Å². The second kappa shape index (κ2) is 6.78. The molecule has 3 fully saturated rings. The maximum absolute atomic E-state index is 12.5. The molecule has 8 heteroatoms. The number of allylic oxidation sites excluding steroid dienone is 1. The van der Waals surface area contributed by atoms with Gasteiger partial charge in [-0.05, 0) is 38.8 Å². The van der Waals surface area contributed by atoms with Crippen LogP contribution in [0.2, 0.25) is 0 Å². The van der Waals surface area contributed by atoms with Gasteiger partial charge >= 0.3 is 17.9 Å². The lowest BCUT2D eigenvalue weighted by molar-refractivity contribution is -0.151. The fourth-order valence-corrected chi connectivity index (χ4v) is 5.15. The van der Waals surface area contributed by atoms with E-state index in [1.54, 1.807) is 26.8 Å². The van der Waals surface area contributed by atoms with Crippen LogP contribution in [0.3, 0.4) is 0 Å². The molecule has 8 atom stereocenters. The molecule has 1 saturated carbocycles. The number of ether oxygens (including phenoxy) is 4. The zero-order chi connectivity index (χ0) is 22.1. The van der Waals surface area contributed by atoms with Crippen molar-refractivity contribution < 1.29 is 38.4 Å². The fourth-order valence-electron chi connectivity index (χ4n) is 5.15. The van der Waals surface area contributed by atoms with Crippen molar-refractivity contribution in [3.05, 3.63) is 34.9 Å². The van der Waals surface area contributed by atoms with Gasteiger partial charge in [0.15, 0.2) is 6.10 Å². The number of hydrogen-bond donors (Lipinski definition) is 1. The molecule has 0 unspecified atom stereocenters. The van der Waals surface area contributed by atoms with Gasteiger partial charge in [0.25, 0.3) is 0 Å². The first-order valence-electron chi connectivity index (χ1n) is 10.00. The van der Waals surface area contributed by atoms with Gasteiger partial charge in [0.1, 0.15) is 30.0 Å². The van der Waals surface area contributed by atoms with Crippen LogP contribution in [0.1, 0.15) is 34.6 Å². The third kappa shape index (κ3) is 2.77. The van der Waals surface area contributed by atoms with Gasteiger partial charge in [0.2, 0.25) is 0 Å². The molecule has 162 valence electrons. The summed E-state index contributed by atoms with van der Waals surface area (Å²) in [5.74, 6) is -2.90. The van der Waals surface area contributed by atoms with E-state index >= 15 is 0 Å². The topological polar surface area (TPSA) is 112 Å². The lowest BCUT2D eigenvalue weighted by Gasteiger charge is -2.29. The fraction of sp³-hybridized carbons (Fsp3) is 0.591. The van der Waals surface area contributed by atoms with Crippen LogP contribution in [0, 0.1) is 11.8 Å². The highest BCUT2D eigenvalue weighted by Crippen LogP contribution is 2.63. The van der Waals surface area contributed by atoms with Gasteiger partial charge in [-0.15, -0.1) is 0 Å². The molecule has 0 radical (unpaired) electrons. The molecule has 8 nitrogen and oxygen atoms in total. The quantitative estimate of drug-likeness (QED) is 0.241.